The lowest BCUT2D eigenvalue weighted by Gasteiger charge is -2.03. The Morgan fingerprint density at radius 1 is 1.35 bits per heavy atom. The number of carbonyl (C=O) groups excluding carboxylic acids is 1. The van der Waals surface area contributed by atoms with E-state index in [9.17, 15) is 19.3 Å². The number of anilines is 1. The minimum absolute atomic E-state index is 0.110. The number of amides is 1. The summed E-state index contributed by atoms with van der Waals surface area (Å²) in [6.45, 7) is 0. The molecule has 0 atom stereocenters. The number of nitrogens with one attached hydrogen (secondary N) is 1. The number of rotatable bonds is 3. The quantitative estimate of drug-likeness (QED) is 0.693. The zero-order chi connectivity index (χ0) is 14.7. The van der Waals surface area contributed by atoms with Crippen LogP contribution in [0, 0.1) is 15.9 Å². The van der Waals surface area contributed by atoms with Crippen LogP contribution in [0.5, 0.6) is 0 Å². The largest absolute Gasteiger partial charge is 0.305 e. The lowest BCUT2D eigenvalue weighted by molar-refractivity contribution is -0.385. The summed E-state index contributed by atoms with van der Waals surface area (Å²) in [5.41, 5.74) is -0.189. The number of benzene rings is 1. The summed E-state index contributed by atoms with van der Waals surface area (Å²) in [6.07, 6.45) is 1.92. The molecule has 1 amide bonds. The predicted octanol–water partition coefficient (Wildman–Crippen LogP) is 2.43. The number of nitro groups is 1. The summed E-state index contributed by atoms with van der Waals surface area (Å²) in [6, 6.07) is 3.44. The van der Waals surface area contributed by atoms with Crippen LogP contribution >= 0.6 is 11.6 Å². The summed E-state index contributed by atoms with van der Waals surface area (Å²) in [5.74, 6) is -1.36. The van der Waals surface area contributed by atoms with Crippen molar-refractivity contribution in [2.75, 3.05) is 5.32 Å². The number of nitrogens with zero attached hydrogens (tertiary/aromatic N) is 3. The number of hydrogen-bond donors (Lipinski definition) is 1. The third kappa shape index (κ3) is 3.04. The van der Waals surface area contributed by atoms with Crippen LogP contribution in [0.25, 0.3) is 0 Å². The van der Waals surface area contributed by atoms with Gasteiger partial charge < -0.3 is 0 Å². The van der Waals surface area contributed by atoms with Crippen LogP contribution in [0.15, 0.2) is 30.6 Å². The first-order valence-corrected chi connectivity index (χ1v) is 5.58. The molecule has 0 bridgehead atoms. The first kappa shape index (κ1) is 13.8. The van der Waals surface area contributed by atoms with Crippen molar-refractivity contribution >= 4 is 29.1 Å². The minimum Gasteiger partial charge on any atom is -0.290 e. The van der Waals surface area contributed by atoms with Crippen molar-refractivity contribution in [1.82, 2.24) is 9.97 Å². The molecule has 0 saturated heterocycles. The van der Waals surface area contributed by atoms with Gasteiger partial charge in [-0.2, -0.15) is 0 Å². The molecular formula is C11H6ClFN4O3. The lowest BCUT2D eigenvalue weighted by Crippen LogP contribution is -2.14. The molecule has 0 unspecified atom stereocenters. The normalized spacial score (nSPS) is 10.1. The molecule has 0 aliphatic heterocycles. The number of hydrogen-bond acceptors (Lipinski definition) is 5. The van der Waals surface area contributed by atoms with E-state index < -0.39 is 16.6 Å². The summed E-state index contributed by atoms with van der Waals surface area (Å²) < 4.78 is 13.0. The van der Waals surface area contributed by atoms with E-state index >= 15 is 0 Å². The Balaban J connectivity index is 2.14. The van der Waals surface area contributed by atoms with Gasteiger partial charge in [0.25, 0.3) is 5.91 Å². The van der Waals surface area contributed by atoms with Gasteiger partial charge in [0, 0.05) is 5.56 Å². The first-order chi connectivity index (χ1) is 9.47. The van der Waals surface area contributed by atoms with Gasteiger partial charge >= 0.3 is 5.69 Å². The van der Waals surface area contributed by atoms with Crippen LogP contribution in [0.1, 0.15) is 10.4 Å². The Labute approximate surface area is 116 Å². The van der Waals surface area contributed by atoms with Crippen molar-refractivity contribution in [2.24, 2.45) is 0 Å². The molecule has 0 aliphatic carbocycles. The summed E-state index contributed by atoms with van der Waals surface area (Å²) in [4.78, 5) is 28.8. The van der Waals surface area contributed by atoms with E-state index in [0.29, 0.717) is 0 Å². The van der Waals surface area contributed by atoms with Crippen molar-refractivity contribution < 1.29 is 14.1 Å². The summed E-state index contributed by atoms with van der Waals surface area (Å²) >= 11 is 5.56. The molecule has 0 spiro atoms. The fourth-order valence-corrected chi connectivity index (χ4v) is 1.47. The highest BCUT2D eigenvalue weighted by molar-refractivity contribution is 6.31. The molecule has 1 aromatic heterocycles. The maximum atomic E-state index is 13.0. The van der Waals surface area contributed by atoms with Gasteiger partial charge in [-0.05, 0) is 18.2 Å². The molecule has 20 heavy (non-hydrogen) atoms. The molecule has 102 valence electrons. The van der Waals surface area contributed by atoms with Crippen LogP contribution in [0.3, 0.4) is 0 Å². The molecule has 1 N–H and O–H groups in total. The number of halogens is 2. The average molecular weight is 297 g/mol. The molecule has 2 rings (SSSR count). The lowest BCUT2D eigenvalue weighted by atomic mass is 10.2. The minimum atomic E-state index is -0.661. The fourth-order valence-electron chi connectivity index (χ4n) is 1.29. The van der Waals surface area contributed by atoms with E-state index in [-0.39, 0.29) is 22.2 Å². The maximum absolute atomic E-state index is 13.0. The Morgan fingerprint density at radius 2 is 2.00 bits per heavy atom. The van der Waals surface area contributed by atoms with E-state index in [0.717, 1.165) is 24.5 Å². The third-order valence-electron chi connectivity index (χ3n) is 2.26. The van der Waals surface area contributed by atoms with Crippen molar-refractivity contribution in [1.29, 1.82) is 0 Å². The topological polar surface area (TPSA) is 98.0 Å². The second kappa shape index (κ2) is 5.57. The van der Waals surface area contributed by atoms with Gasteiger partial charge in [0.2, 0.25) is 5.95 Å². The van der Waals surface area contributed by atoms with Crippen molar-refractivity contribution in [3.8, 4) is 0 Å². The molecule has 0 fully saturated rings. The molecule has 1 heterocycles. The fraction of sp³-hybridized carbons (Fsp3) is 0. The molecule has 9 heteroatoms. The molecule has 0 radical (unpaired) electrons. The standard InChI is InChI=1S/C11H6ClFN4O3/c12-8-3-6(1-2-9(8)13)10(18)16-11-14-4-7(5-15-11)17(19)20/h1-5H,(H,14,15,16,18). The molecule has 2 aromatic rings. The number of aromatic nitrogens is 2. The van der Waals surface area contributed by atoms with Crippen LogP contribution in [-0.2, 0) is 0 Å². The highest BCUT2D eigenvalue weighted by Crippen LogP contribution is 2.17. The third-order valence-corrected chi connectivity index (χ3v) is 2.55. The smallest absolute Gasteiger partial charge is 0.290 e. The highest BCUT2D eigenvalue weighted by Gasteiger charge is 2.12. The Bertz CT molecular complexity index is 678. The monoisotopic (exact) mass is 296 g/mol. The molecule has 0 aliphatic rings. The van der Waals surface area contributed by atoms with Gasteiger partial charge in [-0.3, -0.25) is 20.2 Å². The van der Waals surface area contributed by atoms with Crippen molar-refractivity contribution in [3.63, 3.8) is 0 Å². The van der Waals surface area contributed by atoms with Crippen LogP contribution in [0.4, 0.5) is 16.0 Å². The second-order valence-electron chi connectivity index (χ2n) is 3.60. The van der Waals surface area contributed by atoms with E-state index in [1.807, 2.05) is 0 Å². The second-order valence-corrected chi connectivity index (χ2v) is 4.01. The molecular weight excluding hydrogens is 291 g/mol. The predicted molar refractivity (Wildman–Crippen MR) is 68.0 cm³/mol. The Kier molecular flexibility index (Phi) is 3.85. The van der Waals surface area contributed by atoms with Gasteiger partial charge in [-0.1, -0.05) is 11.6 Å². The average Bonchev–Trinajstić information content (AvgIpc) is 2.42. The van der Waals surface area contributed by atoms with E-state index in [2.05, 4.69) is 15.3 Å². The zero-order valence-electron chi connectivity index (χ0n) is 9.71. The molecule has 7 nitrogen and oxygen atoms in total. The Hall–Kier alpha value is -2.61. The van der Waals surface area contributed by atoms with Crippen LogP contribution in [-0.4, -0.2) is 20.8 Å². The summed E-state index contributed by atoms with van der Waals surface area (Å²) in [5, 5.41) is 12.5. The summed E-state index contributed by atoms with van der Waals surface area (Å²) in [7, 11) is 0. The van der Waals surface area contributed by atoms with Gasteiger partial charge in [0.1, 0.15) is 18.2 Å². The molecule has 1 aromatic carbocycles. The van der Waals surface area contributed by atoms with Gasteiger partial charge in [0.05, 0.1) is 9.95 Å². The molecule has 0 saturated carbocycles. The van der Waals surface area contributed by atoms with E-state index in [1.54, 1.807) is 0 Å². The zero-order valence-corrected chi connectivity index (χ0v) is 10.5. The SMILES string of the molecule is O=C(Nc1ncc([N+](=O)[O-])cn1)c1ccc(F)c(Cl)c1. The van der Waals surface area contributed by atoms with Crippen molar-refractivity contribution in [3.05, 3.63) is 57.1 Å². The van der Waals surface area contributed by atoms with Gasteiger partial charge in [0.15, 0.2) is 0 Å². The van der Waals surface area contributed by atoms with Crippen LogP contribution < -0.4 is 5.32 Å². The number of carbonyl (C=O) groups is 1. The van der Waals surface area contributed by atoms with Crippen LogP contribution in [0.2, 0.25) is 5.02 Å². The van der Waals surface area contributed by atoms with Gasteiger partial charge in [-0.15, -0.1) is 0 Å². The van der Waals surface area contributed by atoms with Gasteiger partial charge in [-0.25, -0.2) is 14.4 Å². The maximum Gasteiger partial charge on any atom is 0.305 e. The van der Waals surface area contributed by atoms with E-state index in [1.165, 1.54) is 6.07 Å². The van der Waals surface area contributed by atoms with E-state index in [4.69, 9.17) is 11.6 Å². The first-order valence-electron chi connectivity index (χ1n) is 5.20. The Morgan fingerprint density at radius 3 is 2.55 bits per heavy atom. The van der Waals surface area contributed by atoms with Crippen molar-refractivity contribution in [2.45, 2.75) is 0 Å². The highest BCUT2D eigenvalue weighted by atomic mass is 35.5.